The van der Waals surface area contributed by atoms with Crippen molar-refractivity contribution < 1.29 is 4.74 Å². The number of hydrogen-bond acceptors (Lipinski definition) is 3. The molecule has 0 saturated carbocycles. The van der Waals surface area contributed by atoms with Gasteiger partial charge >= 0.3 is 0 Å². The predicted molar refractivity (Wildman–Crippen MR) is 76.4 cm³/mol. The molecule has 0 amide bonds. The molecular formula is C15H21N3O. The van der Waals surface area contributed by atoms with E-state index in [9.17, 15) is 0 Å². The maximum Gasteiger partial charge on any atom is 0.161 e. The summed E-state index contributed by atoms with van der Waals surface area (Å²) < 4.78 is 7.44. The first kappa shape index (κ1) is 13.6. The standard InChI is InChI=1S/C15H21N3O/c1-4-16-14(12-9-7-6-8-10-12)15-13(19-3)11-17-18(15)5-2/h6-11,14,16H,4-5H2,1-3H3. The number of nitrogens with one attached hydrogen (secondary N) is 1. The van der Waals surface area contributed by atoms with E-state index in [4.69, 9.17) is 4.74 Å². The molecule has 0 spiro atoms. The SMILES string of the molecule is CCNC(c1ccccc1)c1c(OC)cnn1CC. The molecule has 0 bridgehead atoms. The summed E-state index contributed by atoms with van der Waals surface area (Å²) in [6, 6.07) is 10.5. The Morgan fingerprint density at radius 1 is 1.26 bits per heavy atom. The summed E-state index contributed by atoms with van der Waals surface area (Å²) in [4.78, 5) is 0. The van der Waals surface area contributed by atoms with Gasteiger partial charge in [0.1, 0.15) is 5.69 Å². The highest BCUT2D eigenvalue weighted by atomic mass is 16.5. The number of aromatic nitrogens is 2. The molecule has 2 aromatic rings. The first-order chi connectivity index (χ1) is 9.31. The first-order valence-corrected chi connectivity index (χ1v) is 6.69. The van der Waals surface area contributed by atoms with Crippen LogP contribution in [0.5, 0.6) is 5.75 Å². The Bertz CT molecular complexity index is 486. The third kappa shape index (κ3) is 2.79. The van der Waals surface area contributed by atoms with Crippen LogP contribution in [0, 0.1) is 0 Å². The van der Waals surface area contributed by atoms with Crippen LogP contribution in [0.2, 0.25) is 0 Å². The predicted octanol–water partition coefficient (Wildman–Crippen LogP) is 2.61. The lowest BCUT2D eigenvalue weighted by Gasteiger charge is -2.20. The minimum Gasteiger partial charge on any atom is -0.493 e. The van der Waals surface area contributed by atoms with E-state index >= 15 is 0 Å². The fraction of sp³-hybridized carbons (Fsp3) is 0.400. The highest BCUT2D eigenvalue weighted by molar-refractivity contribution is 5.36. The van der Waals surface area contributed by atoms with Crippen LogP contribution in [0.15, 0.2) is 36.5 Å². The van der Waals surface area contributed by atoms with Crippen LogP contribution >= 0.6 is 0 Å². The number of aryl methyl sites for hydroxylation is 1. The molecule has 1 unspecified atom stereocenters. The van der Waals surface area contributed by atoms with Gasteiger partial charge in [-0.3, -0.25) is 4.68 Å². The Morgan fingerprint density at radius 2 is 2.00 bits per heavy atom. The fourth-order valence-electron chi connectivity index (χ4n) is 2.30. The van der Waals surface area contributed by atoms with Crippen molar-refractivity contribution in [3.8, 4) is 5.75 Å². The van der Waals surface area contributed by atoms with Crippen molar-refractivity contribution in [1.29, 1.82) is 0 Å². The van der Waals surface area contributed by atoms with Gasteiger partial charge in [0.25, 0.3) is 0 Å². The zero-order chi connectivity index (χ0) is 13.7. The third-order valence-electron chi connectivity index (χ3n) is 3.18. The van der Waals surface area contributed by atoms with Crippen molar-refractivity contribution in [2.45, 2.75) is 26.4 Å². The Kier molecular flexibility index (Phi) is 4.58. The molecule has 0 fully saturated rings. The van der Waals surface area contributed by atoms with Gasteiger partial charge in [-0.05, 0) is 19.0 Å². The minimum atomic E-state index is 0.101. The number of benzene rings is 1. The molecule has 0 aliphatic carbocycles. The molecular weight excluding hydrogens is 238 g/mol. The monoisotopic (exact) mass is 259 g/mol. The van der Waals surface area contributed by atoms with E-state index in [2.05, 4.69) is 48.5 Å². The van der Waals surface area contributed by atoms with E-state index in [1.807, 2.05) is 10.7 Å². The second-order valence-corrected chi connectivity index (χ2v) is 4.32. The van der Waals surface area contributed by atoms with Crippen LogP contribution in [0.25, 0.3) is 0 Å². The second-order valence-electron chi connectivity index (χ2n) is 4.32. The molecule has 0 aliphatic rings. The molecule has 1 aromatic heterocycles. The van der Waals surface area contributed by atoms with Crippen molar-refractivity contribution in [3.05, 3.63) is 47.8 Å². The highest BCUT2D eigenvalue weighted by Crippen LogP contribution is 2.29. The van der Waals surface area contributed by atoms with E-state index < -0.39 is 0 Å². The Balaban J connectivity index is 2.47. The zero-order valence-electron chi connectivity index (χ0n) is 11.8. The molecule has 0 saturated heterocycles. The first-order valence-electron chi connectivity index (χ1n) is 6.69. The highest BCUT2D eigenvalue weighted by Gasteiger charge is 2.22. The Labute approximate surface area is 114 Å². The van der Waals surface area contributed by atoms with Crippen molar-refractivity contribution in [3.63, 3.8) is 0 Å². The maximum atomic E-state index is 5.45. The molecule has 1 aromatic carbocycles. The molecule has 19 heavy (non-hydrogen) atoms. The van der Waals surface area contributed by atoms with Gasteiger partial charge in [-0.25, -0.2) is 0 Å². The van der Waals surface area contributed by atoms with Crippen LogP contribution in [0.3, 0.4) is 0 Å². The molecule has 1 heterocycles. The molecule has 1 atom stereocenters. The lowest BCUT2D eigenvalue weighted by atomic mass is 10.0. The fourth-order valence-corrected chi connectivity index (χ4v) is 2.30. The summed E-state index contributed by atoms with van der Waals surface area (Å²) in [7, 11) is 1.69. The van der Waals surface area contributed by atoms with Crippen LogP contribution in [0.4, 0.5) is 0 Å². The summed E-state index contributed by atoms with van der Waals surface area (Å²) in [6.45, 7) is 5.91. The Morgan fingerprint density at radius 3 is 2.58 bits per heavy atom. The molecule has 2 rings (SSSR count). The Hall–Kier alpha value is -1.81. The molecule has 102 valence electrons. The lowest BCUT2D eigenvalue weighted by molar-refractivity contribution is 0.399. The topological polar surface area (TPSA) is 39.1 Å². The van der Waals surface area contributed by atoms with E-state index in [1.165, 1.54) is 5.56 Å². The number of hydrogen-bond donors (Lipinski definition) is 1. The smallest absolute Gasteiger partial charge is 0.161 e. The van der Waals surface area contributed by atoms with Gasteiger partial charge in [0, 0.05) is 6.54 Å². The number of nitrogens with zero attached hydrogens (tertiary/aromatic N) is 2. The van der Waals surface area contributed by atoms with Crippen LogP contribution < -0.4 is 10.1 Å². The van der Waals surface area contributed by atoms with Gasteiger partial charge in [-0.15, -0.1) is 0 Å². The van der Waals surface area contributed by atoms with Crippen molar-refractivity contribution in [1.82, 2.24) is 15.1 Å². The van der Waals surface area contributed by atoms with Gasteiger partial charge in [0.05, 0.1) is 19.3 Å². The summed E-state index contributed by atoms with van der Waals surface area (Å²) in [6.07, 6.45) is 1.78. The third-order valence-corrected chi connectivity index (χ3v) is 3.18. The quantitative estimate of drug-likeness (QED) is 0.866. The molecule has 0 aliphatic heterocycles. The lowest BCUT2D eigenvalue weighted by Crippen LogP contribution is -2.25. The maximum absolute atomic E-state index is 5.45. The number of methoxy groups -OCH3 is 1. The van der Waals surface area contributed by atoms with Crippen molar-refractivity contribution in [2.75, 3.05) is 13.7 Å². The number of ether oxygens (including phenoxy) is 1. The van der Waals surface area contributed by atoms with Gasteiger partial charge < -0.3 is 10.1 Å². The summed E-state index contributed by atoms with van der Waals surface area (Å²) >= 11 is 0. The molecule has 1 N–H and O–H groups in total. The second kappa shape index (κ2) is 6.38. The van der Waals surface area contributed by atoms with Crippen LogP contribution in [-0.2, 0) is 6.54 Å². The van der Waals surface area contributed by atoms with E-state index in [-0.39, 0.29) is 6.04 Å². The van der Waals surface area contributed by atoms with E-state index in [0.717, 1.165) is 24.5 Å². The van der Waals surface area contributed by atoms with Crippen molar-refractivity contribution >= 4 is 0 Å². The van der Waals surface area contributed by atoms with Gasteiger partial charge in [-0.1, -0.05) is 37.3 Å². The molecule has 4 heteroatoms. The van der Waals surface area contributed by atoms with E-state index in [1.54, 1.807) is 13.3 Å². The average molecular weight is 259 g/mol. The molecule has 4 nitrogen and oxygen atoms in total. The average Bonchev–Trinajstić information content (AvgIpc) is 2.88. The van der Waals surface area contributed by atoms with Gasteiger partial charge in [0.15, 0.2) is 5.75 Å². The van der Waals surface area contributed by atoms with E-state index in [0.29, 0.717) is 0 Å². The number of rotatable bonds is 6. The normalized spacial score (nSPS) is 12.4. The van der Waals surface area contributed by atoms with Gasteiger partial charge in [-0.2, -0.15) is 5.10 Å². The van der Waals surface area contributed by atoms with Crippen LogP contribution in [-0.4, -0.2) is 23.4 Å². The molecule has 0 radical (unpaired) electrons. The van der Waals surface area contributed by atoms with Gasteiger partial charge in [0.2, 0.25) is 0 Å². The minimum absolute atomic E-state index is 0.101. The largest absolute Gasteiger partial charge is 0.493 e. The summed E-state index contributed by atoms with van der Waals surface area (Å²) in [5.74, 6) is 0.830. The zero-order valence-corrected chi connectivity index (χ0v) is 11.8. The summed E-state index contributed by atoms with van der Waals surface area (Å²) in [5, 5.41) is 7.90. The van der Waals surface area contributed by atoms with Crippen molar-refractivity contribution in [2.24, 2.45) is 0 Å². The van der Waals surface area contributed by atoms with Crippen LogP contribution in [0.1, 0.15) is 31.1 Å². The summed E-state index contributed by atoms with van der Waals surface area (Å²) in [5.41, 5.74) is 2.30.